The van der Waals surface area contributed by atoms with Crippen molar-refractivity contribution in [2.75, 3.05) is 0 Å². The average molecular weight is 207 g/mol. The Balaban J connectivity index is 1.84. The van der Waals surface area contributed by atoms with Gasteiger partial charge in [-0.1, -0.05) is 6.92 Å². The third-order valence-electron chi connectivity index (χ3n) is 3.37. The molecular formula is C12H21N3. The van der Waals surface area contributed by atoms with Crippen molar-refractivity contribution in [3.05, 3.63) is 18.0 Å². The van der Waals surface area contributed by atoms with E-state index < -0.39 is 0 Å². The minimum absolute atomic E-state index is 0.594. The molecule has 0 saturated heterocycles. The van der Waals surface area contributed by atoms with E-state index in [0.717, 1.165) is 6.54 Å². The molecular weight excluding hydrogens is 186 g/mol. The van der Waals surface area contributed by atoms with Gasteiger partial charge in [0, 0.05) is 24.3 Å². The smallest absolute Gasteiger partial charge is 0.0534 e. The van der Waals surface area contributed by atoms with Crippen molar-refractivity contribution >= 4 is 0 Å². The molecule has 1 aromatic rings. The van der Waals surface area contributed by atoms with Crippen LogP contribution in [-0.4, -0.2) is 15.8 Å². The van der Waals surface area contributed by atoms with Crippen LogP contribution in [0, 0.1) is 0 Å². The quantitative estimate of drug-likeness (QED) is 0.804. The van der Waals surface area contributed by atoms with Crippen LogP contribution in [0.15, 0.2) is 12.4 Å². The Morgan fingerprint density at radius 3 is 3.00 bits per heavy atom. The van der Waals surface area contributed by atoms with Gasteiger partial charge in [0.05, 0.1) is 12.2 Å². The van der Waals surface area contributed by atoms with E-state index in [4.69, 9.17) is 0 Å². The van der Waals surface area contributed by atoms with Crippen molar-refractivity contribution in [3.8, 4) is 0 Å². The van der Waals surface area contributed by atoms with Crippen LogP contribution in [0.5, 0.6) is 0 Å². The van der Waals surface area contributed by atoms with Gasteiger partial charge in [0.1, 0.15) is 0 Å². The van der Waals surface area contributed by atoms with Gasteiger partial charge in [-0.15, -0.1) is 0 Å². The third-order valence-corrected chi connectivity index (χ3v) is 3.37. The van der Waals surface area contributed by atoms with Crippen LogP contribution in [0.3, 0.4) is 0 Å². The minimum Gasteiger partial charge on any atom is -0.310 e. The lowest BCUT2D eigenvalue weighted by molar-refractivity contribution is 0.289. The van der Waals surface area contributed by atoms with Crippen LogP contribution in [0.1, 0.15) is 51.1 Å². The number of nitrogens with one attached hydrogen (secondary N) is 1. The first kappa shape index (κ1) is 10.7. The summed E-state index contributed by atoms with van der Waals surface area (Å²) in [4.78, 5) is 0. The second-order valence-corrected chi connectivity index (χ2v) is 4.60. The Morgan fingerprint density at radius 2 is 2.40 bits per heavy atom. The zero-order valence-electron chi connectivity index (χ0n) is 9.74. The topological polar surface area (TPSA) is 29.9 Å². The molecule has 0 radical (unpaired) electrons. The third kappa shape index (κ3) is 2.59. The predicted molar refractivity (Wildman–Crippen MR) is 61.7 cm³/mol. The van der Waals surface area contributed by atoms with Gasteiger partial charge in [0.25, 0.3) is 0 Å². The van der Waals surface area contributed by atoms with Gasteiger partial charge in [-0.2, -0.15) is 5.10 Å². The maximum atomic E-state index is 4.42. The molecule has 1 aromatic heterocycles. The first-order valence-electron chi connectivity index (χ1n) is 6.06. The van der Waals surface area contributed by atoms with Crippen LogP contribution in [0.2, 0.25) is 0 Å². The molecule has 15 heavy (non-hydrogen) atoms. The summed E-state index contributed by atoms with van der Waals surface area (Å²) >= 11 is 0. The lowest BCUT2D eigenvalue weighted by Crippen LogP contribution is -2.24. The Hall–Kier alpha value is -0.830. The molecule has 0 aliphatic heterocycles. The highest BCUT2D eigenvalue weighted by Crippen LogP contribution is 2.30. The monoisotopic (exact) mass is 207 g/mol. The van der Waals surface area contributed by atoms with Crippen LogP contribution in [0.4, 0.5) is 0 Å². The van der Waals surface area contributed by atoms with E-state index >= 15 is 0 Å². The largest absolute Gasteiger partial charge is 0.310 e. The van der Waals surface area contributed by atoms with E-state index in [1.54, 1.807) is 0 Å². The molecule has 0 bridgehead atoms. The summed E-state index contributed by atoms with van der Waals surface area (Å²) in [5, 5.41) is 7.90. The predicted octanol–water partition coefficient (Wildman–Crippen LogP) is 2.50. The molecule has 1 unspecified atom stereocenters. The maximum Gasteiger partial charge on any atom is 0.0534 e. The van der Waals surface area contributed by atoms with Crippen molar-refractivity contribution in [1.29, 1.82) is 0 Å². The van der Waals surface area contributed by atoms with Crippen molar-refractivity contribution in [2.45, 2.75) is 58.2 Å². The molecule has 1 atom stereocenters. The summed E-state index contributed by atoms with van der Waals surface area (Å²) in [6.45, 7) is 5.37. The van der Waals surface area contributed by atoms with Crippen molar-refractivity contribution < 1.29 is 0 Å². The highest BCUT2D eigenvalue weighted by Gasteiger charge is 2.19. The van der Waals surface area contributed by atoms with E-state index in [9.17, 15) is 0 Å². The minimum atomic E-state index is 0.594. The summed E-state index contributed by atoms with van der Waals surface area (Å²) in [5.74, 6) is 0. The van der Waals surface area contributed by atoms with Gasteiger partial charge in [0.2, 0.25) is 0 Å². The molecule has 0 aromatic carbocycles. The fourth-order valence-corrected chi connectivity index (χ4v) is 1.76. The van der Waals surface area contributed by atoms with Crippen molar-refractivity contribution in [3.63, 3.8) is 0 Å². The molecule has 0 amide bonds. The molecule has 0 spiro atoms. The molecule has 3 nitrogen and oxygen atoms in total. The summed E-state index contributed by atoms with van der Waals surface area (Å²) in [6, 6.07) is 1.28. The van der Waals surface area contributed by atoms with Crippen LogP contribution in [0.25, 0.3) is 0 Å². The molecule has 3 heteroatoms. The molecule has 2 rings (SSSR count). The average Bonchev–Trinajstić information content (AvgIpc) is 2.60. The number of aromatic nitrogens is 2. The van der Waals surface area contributed by atoms with Gasteiger partial charge < -0.3 is 5.32 Å². The standard InChI is InChI=1S/C12H21N3/c1-3-10(2)13-7-11-8-14-15(9-11)12-5-4-6-12/h8-10,12-13H,3-7H2,1-2H3. The second-order valence-electron chi connectivity index (χ2n) is 4.60. The Labute approximate surface area is 91.9 Å². The van der Waals surface area contributed by atoms with E-state index in [1.807, 2.05) is 6.20 Å². The first-order chi connectivity index (χ1) is 7.29. The maximum absolute atomic E-state index is 4.42. The normalized spacial score (nSPS) is 18.8. The summed E-state index contributed by atoms with van der Waals surface area (Å²) in [7, 11) is 0. The van der Waals surface area contributed by atoms with Crippen LogP contribution < -0.4 is 5.32 Å². The molecule has 1 N–H and O–H groups in total. The van der Waals surface area contributed by atoms with Gasteiger partial charge >= 0.3 is 0 Å². The molecule has 1 saturated carbocycles. The molecule has 84 valence electrons. The highest BCUT2D eigenvalue weighted by molar-refractivity contribution is 5.04. The fourth-order valence-electron chi connectivity index (χ4n) is 1.76. The number of hydrogen-bond acceptors (Lipinski definition) is 2. The SMILES string of the molecule is CCC(C)NCc1cnn(C2CCC2)c1. The zero-order chi connectivity index (χ0) is 10.7. The van der Waals surface area contributed by atoms with E-state index in [0.29, 0.717) is 12.1 Å². The first-order valence-corrected chi connectivity index (χ1v) is 6.06. The lowest BCUT2D eigenvalue weighted by Gasteiger charge is -2.25. The van der Waals surface area contributed by atoms with Gasteiger partial charge in [-0.05, 0) is 32.6 Å². The summed E-state index contributed by atoms with van der Waals surface area (Å²) < 4.78 is 2.14. The van der Waals surface area contributed by atoms with E-state index in [2.05, 4.69) is 35.1 Å². The highest BCUT2D eigenvalue weighted by atomic mass is 15.3. The fraction of sp³-hybridized carbons (Fsp3) is 0.750. The Morgan fingerprint density at radius 1 is 1.60 bits per heavy atom. The van der Waals surface area contributed by atoms with Crippen LogP contribution in [-0.2, 0) is 6.54 Å². The Kier molecular flexibility index (Phi) is 3.41. The zero-order valence-corrected chi connectivity index (χ0v) is 9.74. The number of rotatable bonds is 5. The van der Waals surface area contributed by atoms with E-state index in [1.165, 1.54) is 31.2 Å². The molecule has 1 aliphatic rings. The van der Waals surface area contributed by atoms with Gasteiger partial charge in [-0.3, -0.25) is 4.68 Å². The summed E-state index contributed by atoms with van der Waals surface area (Å²) in [6.07, 6.45) is 9.34. The molecule has 1 heterocycles. The Bertz CT molecular complexity index is 302. The van der Waals surface area contributed by atoms with Crippen molar-refractivity contribution in [1.82, 2.24) is 15.1 Å². The van der Waals surface area contributed by atoms with Gasteiger partial charge in [-0.25, -0.2) is 0 Å². The number of hydrogen-bond donors (Lipinski definition) is 1. The van der Waals surface area contributed by atoms with E-state index in [-0.39, 0.29) is 0 Å². The van der Waals surface area contributed by atoms with Crippen LogP contribution >= 0.6 is 0 Å². The van der Waals surface area contributed by atoms with Crippen molar-refractivity contribution in [2.24, 2.45) is 0 Å². The van der Waals surface area contributed by atoms with Gasteiger partial charge in [0.15, 0.2) is 0 Å². The lowest BCUT2D eigenvalue weighted by atomic mass is 9.93. The second kappa shape index (κ2) is 4.79. The molecule has 1 fully saturated rings. The number of nitrogens with zero attached hydrogens (tertiary/aromatic N) is 2. The molecule has 1 aliphatic carbocycles. The summed E-state index contributed by atoms with van der Waals surface area (Å²) in [5.41, 5.74) is 1.31.